The lowest BCUT2D eigenvalue weighted by Gasteiger charge is -2.43. The monoisotopic (exact) mass is 478 g/mol. The predicted molar refractivity (Wildman–Crippen MR) is 140 cm³/mol. The van der Waals surface area contributed by atoms with Crippen LogP contribution in [-0.4, -0.2) is 39.4 Å². The van der Waals surface area contributed by atoms with Crippen molar-refractivity contribution in [3.8, 4) is 11.1 Å². The van der Waals surface area contributed by atoms with E-state index in [1.165, 1.54) is 22.3 Å². The number of rotatable bonds is 3. The SMILES string of the molecule is Cn1ccc2cc(C3(O)CC4CCC(C3)N4C(=O)OCC3c4ccccc4-c4ccccc43)ccc21. The highest BCUT2D eigenvalue weighted by Crippen LogP contribution is 2.47. The molecule has 4 aromatic rings. The largest absolute Gasteiger partial charge is 0.448 e. The van der Waals surface area contributed by atoms with E-state index in [1.54, 1.807) is 0 Å². The highest BCUT2D eigenvalue weighted by atomic mass is 16.6. The zero-order valence-corrected chi connectivity index (χ0v) is 20.4. The third kappa shape index (κ3) is 3.22. The van der Waals surface area contributed by atoms with Crippen molar-refractivity contribution in [2.45, 2.75) is 49.3 Å². The maximum Gasteiger partial charge on any atom is 0.410 e. The van der Waals surface area contributed by atoms with Crippen molar-refractivity contribution in [2.24, 2.45) is 7.05 Å². The van der Waals surface area contributed by atoms with Gasteiger partial charge in [0.05, 0.1) is 5.60 Å². The third-order valence-corrected chi connectivity index (χ3v) is 8.74. The van der Waals surface area contributed by atoms with Gasteiger partial charge in [0.25, 0.3) is 0 Å². The van der Waals surface area contributed by atoms with Crippen LogP contribution >= 0.6 is 0 Å². The average Bonchev–Trinajstić information content (AvgIpc) is 3.52. The molecule has 3 heterocycles. The molecule has 3 aromatic carbocycles. The second kappa shape index (κ2) is 7.97. The Kier molecular flexibility index (Phi) is 4.80. The lowest BCUT2D eigenvalue weighted by atomic mass is 9.80. The van der Waals surface area contributed by atoms with Gasteiger partial charge in [0.2, 0.25) is 0 Å². The number of carbonyl (C=O) groups is 1. The zero-order valence-electron chi connectivity index (χ0n) is 20.4. The van der Waals surface area contributed by atoms with Gasteiger partial charge in [0.1, 0.15) is 6.61 Å². The van der Waals surface area contributed by atoms with Gasteiger partial charge in [-0.05, 0) is 64.2 Å². The Balaban J connectivity index is 1.09. The van der Waals surface area contributed by atoms with Gasteiger partial charge < -0.3 is 19.3 Å². The standard InChI is InChI=1S/C31H30N2O3/c1-32-15-14-20-16-21(10-13-29(20)32)31(35)17-22-11-12-23(18-31)33(22)30(34)36-19-28-26-8-4-2-6-24(26)25-7-3-5-9-27(25)28/h2-10,13-16,22-23,28,35H,11-12,17-19H2,1H3. The van der Waals surface area contributed by atoms with Gasteiger partial charge >= 0.3 is 6.09 Å². The Bertz CT molecular complexity index is 1430. The Morgan fingerprint density at radius 2 is 1.58 bits per heavy atom. The minimum absolute atomic E-state index is 0.00382. The van der Waals surface area contributed by atoms with Crippen LogP contribution in [0, 0.1) is 0 Å². The number of aryl methyl sites for hydroxylation is 1. The van der Waals surface area contributed by atoms with E-state index < -0.39 is 5.60 Å². The molecule has 0 saturated carbocycles. The highest BCUT2D eigenvalue weighted by molar-refractivity contribution is 5.81. The molecule has 2 fully saturated rings. The zero-order chi connectivity index (χ0) is 24.4. The van der Waals surface area contributed by atoms with Gasteiger partial charge in [0.15, 0.2) is 0 Å². The summed E-state index contributed by atoms with van der Waals surface area (Å²) in [5.41, 5.74) is 6.08. The van der Waals surface area contributed by atoms with Crippen molar-refractivity contribution in [3.05, 3.63) is 95.7 Å². The summed E-state index contributed by atoms with van der Waals surface area (Å²) in [5, 5.41) is 12.9. The molecule has 5 nitrogen and oxygen atoms in total. The molecule has 5 heteroatoms. The van der Waals surface area contributed by atoms with E-state index in [-0.39, 0.29) is 24.1 Å². The third-order valence-electron chi connectivity index (χ3n) is 8.74. The van der Waals surface area contributed by atoms with Gasteiger partial charge in [-0.25, -0.2) is 4.79 Å². The summed E-state index contributed by atoms with van der Waals surface area (Å²) in [6, 6.07) is 25.1. The summed E-state index contributed by atoms with van der Waals surface area (Å²) in [4.78, 5) is 15.3. The van der Waals surface area contributed by atoms with Crippen LogP contribution in [0.25, 0.3) is 22.0 Å². The second-order valence-electron chi connectivity index (χ2n) is 10.7. The van der Waals surface area contributed by atoms with Gasteiger partial charge in [-0.2, -0.15) is 0 Å². The molecule has 2 unspecified atom stereocenters. The van der Waals surface area contributed by atoms with Crippen LogP contribution in [0.15, 0.2) is 79.0 Å². The maximum absolute atomic E-state index is 13.4. The lowest BCUT2D eigenvalue weighted by Crippen LogP contribution is -2.52. The molecular formula is C31H30N2O3. The molecule has 7 rings (SSSR count). The smallest absolute Gasteiger partial charge is 0.410 e. The van der Waals surface area contributed by atoms with Crippen LogP contribution in [-0.2, 0) is 17.4 Å². The fourth-order valence-electron chi connectivity index (χ4n) is 7.00. The van der Waals surface area contributed by atoms with Gasteiger partial charge in [-0.15, -0.1) is 0 Å². The number of hydrogen-bond donors (Lipinski definition) is 1. The molecule has 182 valence electrons. The van der Waals surface area contributed by atoms with Crippen LogP contribution in [0.4, 0.5) is 4.79 Å². The van der Waals surface area contributed by atoms with E-state index >= 15 is 0 Å². The van der Waals surface area contributed by atoms with E-state index in [9.17, 15) is 9.90 Å². The van der Waals surface area contributed by atoms with Crippen LogP contribution in [0.5, 0.6) is 0 Å². The number of piperidine rings is 1. The number of ether oxygens (including phenoxy) is 1. The van der Waals surface area contributed by atoms with Crippen molar-refractivity contribution < 1.29 is 14.6 Å². The number of aromatic nitrogens is 1. The van der Waals surface area contributed by atoms with E-state index in [2.05, 4.69) is 71.3 Å². The average molecular weight is 479 g/mol. The molecule has 3 aliphatic rings. The Morgan fingerprint density at radius 3 is 2.25 bits per heavy atom. The Morgan fingerprint density at radius 1 is 0.944 bits per heavy atom. The predicted octanol–water partition coefficient (Wildman–Crippen LogP) is 5.94. The lowest BCUT2D eigenvalue weighted by molar-refractivity contribution is -0.0530. The van der Waals surface area contributed by atoms with Crippen molar-refractivity contribution in [2.75, 3.05) is 6.61 Å². The molecular weight excluding hydrogens is 448 g/mol. The van der Waals surface area contributed by atoms with Crippen LogP contribution < -0.4 is 0 Å². The number of fused-ring (bicyclic) bond motifs is 6. The quantitative estimate of drug-likeness (QED) is 0.396. The van der Waals surface area contributed by atoms with Crippen LogP contribution in [0.3, 0.4) is 0 Å². The number of hydrogen-bond acceptors (Lipinski definition) is 3. The molecule has 2 atom stereocenters. The summed E-state index contributed by atoms with van der Waals surface area (Å²) >= 11 is 0. The normalized spacial score (nSPS) is 24.7. The summed E-state index contributed by atoms with van der Waals surface area (Å²) in [6.07, 6.45) is 4.71. The van der Waals surface area contributed by atoms with Crippen LogP contribution in [0.2, 0.25) is 0 Å². The summed E-state index contributed by atoms with van der Waals surface area (Å²) < 4.78 is 8.09. The van der Waals surface area contributed by atoms with Crippen molar-refractivity contribution in [1.82, 2.24) is 9.47 Å². The molecule has 0 spiro atoms. The second-order valence-corrected chi connectivity index (χ2v) is 10.7. The minimum Gasteiger partial charge on any atom is -0.448 e. The Hall–Kier alpha value is -3.57. The molecule has 2 saturated heterocycles. The van der Waals surface area contributed by atoms with E-state index in [0.29, 0.717) is 19.4 Å². The molecule has 1 N–H and O–H groups in total. The van der Waals surface area contributed by atoms with E-state index in [4.69, 9.17) is 4.74 Å². The summed E-state index contributed by atoms with van der Waals surface area (Å²) in [7, 11) is 2.03. The highest BCUT2D eigenvalue weighted by Gasteiger charge is 2.50. The molecule has 2 bridgehead atoms. The topological polar surface area (TPSA) is 54.7 Å². The first-order valence-electron chi connectivity index (χ1n) is 12.9. The number of aliphatic hydroxyl groups is 1. The van der Waals surface area contributed by atoms with Gasteiger partial charge in [0, 0.05) is 49.6 Å². The fraction of sp³-hybridized carbons (Fsp3) is 0.323. The minimum atomic E-state index is -0.921. The first kappa shape index (κ1) is 21.7. The number of amides is 1. The number of nitrogens with zero attached hydrogens (tertiary/aromatic N) is 2. The maximum atomic E-state index is 13.4. The molecule has 1 amide bonds. The van der Waals surface area contributed by atoms with Crippen molar-refractivity contribution in [1.29, 1.82) is 0 Å². The van der Waals surface area contributed by atoms with E-state index in [1.807, 2.05) is 24.2 Å². The molecule has 1 aromatic heterocycles. The van der Waals surface area contributed by atoms with Gasteiger partial charge in [-0.3, -0.25) is 0 Å². The first-order chi connectivity index (χ1) is 17.5. The Labute approximate surface area is 210 Å². The van der Waals surface area contributed by atoms with Gasteiger partial charge in [-0.1, -0.05) is 54.6 Å². The van der Waals surface area contributed by atoms with Crippen LogP contribution in [0.1, 0.15) is 48.3 Å². The molecule has 0 radical (unpaired) electrons. The molecule has 2 aliphatic heterocycles. The number of carbonyl (C=O) groups excluding carboxylic acids is 1. The first-order valence-corrected chi connectivity index (χ1v) is 12.9. The molecule has 1 aliphatic carbocycles. The van der Waals surface area contributed by atoms with E-state index in [0.717, 1.165) is 29.3 Å². The van der Waals surface area contributed by atoms with Crippen molar-refractivity contribution >= 4 is 17.0 Å². The summed E-state index contributed by atoms with van der Waals surface area (Å²) in [6.45, 7) is 0.331. The fourth-order valence-corrected chi connectivity index (χ4v) is 7.00. The summed E-state index contributed by atoms with van der Waals surface area (Å²) in [5.74, 6) is 0.0540. The van der Waals surface area contributed by atoms with Crippen molar-refractivity contribution in [3.63, 3.8) is 0 Å². The molecule has 36 heavy (non-hydrogen) atoms. The number of benzene rings is 3.